The predicted octanol–water partition coefficient (Wildman–Crippen LogP) is 2.61. The Morgan fingerprint density at radius 2 is 1.70 bits per heavy atom. The van der Waals surface area contributed by atoms with Crippen LogP contribution in [0.4, 0.5) is 9.93 Å². The highest BCUT2D eigenvalue weighted by Crippen LogP contribution is 2.44. The van der Waals surface area contributed by atoms with Gasteiger partial charge < -0.3 is 20.3 Å². The number of aliphatic hydroxyl groups excluding tert-OH is 1. The first-order valence-electron chi connectivity index (χ1n) is 10.2. The summed E-state index contributed by atoms with van der Waals surface area (Å²) in [6.45, 7) is -0.551. The number of nitrogens with one attached hydrogen (secondary N) is 2. The maximum atomic E-state index is 12.3. The van der Waals surface area contributed by atoms with Gasteiger partial charge in [-0.05, 0) is 22.3 Å². The van der Waals surface area contributed by atoms with E-state index in [0.29, 0.717) is 5.69 Å². The molecule has 33 heavy (non-hydrogen) atoms. The van der Waals surface area contributed by atoms with Gasteiger partial charge in [0.25, 0.3) is 0 Å². The molecule has 2 aromatic carbocycles. The second-order valence-electron chi connectivity index (χ2n) is 7.41. The zero-order chi connectivity index (χ0) is 23.4. The lowest BCUT2D eigenvalue weighted by molar-refractivity contribution is -0.142. The van der Waals surface area contributed by atoms with E-state index in [1.165, 1.54) is 0 Å². The number of fused-ring (bicyclic) bond motifs is 3. The van der Waals surface area contributed by atoms with E-state index in [0.717, 1.165) is 33.6 Å². The smallest absolute Gasteiger partial charge is 0.413 e. The summed E-state index contributed by atoms with van der Waals surface area (Å²) in [5.74, 6) is -2.00. The molecule has 1 aromatic heterocycles. The minimum absolute atomic E-state index is 0.0626. The van der Waals surface area contributed by atoms with Crippen LogP contribution in [0.3, 0.4) is 0 Å². The van der Waals surface area contributed by atoms with Gasteiger partial charge in [0.05, 0.1) is 18.7 Å². The number of carbonyl (C=O) groups is 3. The number of nitrogens with zero attached hydrogens (tertiary/aromatic N) is 1. The van der Waals surface area contributed by atoms with Gasteiger partial charge in [-0.25, -0.2) is 14.6 Å². The topological polar surface area (TPSA) is 138 Å². The van der Waals surface area contributed by atoms with E-state index >= 15 is 0 Å². The molecule has 3 aromatic rings. The van der Waals surface area contributed by atoms with Crippen molar-refractivity contribution in [2.45, 2.75) is 18.4 Å². The second kappa shape index (κ2) is 9.80. The highest BCUT2D eigenvalue weighted by molar-refractivity contribution is 7.13. The number of ether oxygens (including phenoxy) is 1. The van der Waals surface area contributed by atoms with E-state index in [4.69, 9.17) is 14.9 Å². The van der Waals surface area contributed by atoms with Crippen LogP contribution in [0.25, 0.3) is 11.1 Å². The van der Waals surface area contributed by atoms with Crippen molar-refractivity contribution in [3.63, 3.8) is 0 Å². The molecule has 0 fully saturated rings. The number of benzene rings is 2. The van der Waals surface area contributed by atoms with Crippen molar-refractivity contribution in [2.24, 2.45) is 0 Å². The van der Waals surface area contributed by atoms with Crippen LogP contribution in [0.15, 0.2) is 53.9 Å². The number of aromatic nitrogens is 1. The van der Waals surface area contributed by atoms with Crippen molar-refractivity contribution in [3.05, 3.63) is 70.7 Å². The van der Waals surface area contributed by atoms with Gasteiger partial charge in [0.15, 0.2) is 5.13 Å². The number of aliphatic hydroxyl groups is 1. The molecule has 170 valence electrons. The van der Waals surface area contributed by atoms with Gasteiger partial charge in [0.2, 0.25) is 5.91 Å². The fourth-order valence-corrected chi connectivity index (χ4v) is 4.46. The van der Waals surface area contributed by atoms with Crippen LogP contribution in [-0.2, 0) is 20.7 Å². The summed E-state index contributed by atoms with van der Waals surface area (Å²) in [5.41, 5.74) is 4.84. The largest absolute Gasteiger partial charge is 0.480 e. The van der Waals surface area contributed by atoms with Crippen molar-refractivity contribution in [2.75, 3.05) is 18.5 Å². The van der Waals surface area contributed by atoms with E-state index in [1.807, 2.05) is 36.4 Å². The van der Waals surface area contributed by atoms with Crippen LogP contribution in [-0.4, -0.2) is 52.4 Å². The number of aliphatic carboxylic acids is 1. The number of rotatable bonds is 8. The Labute approximate surface area is 193 Å². The minimum Gasteiger partial charge on any atom is -0.480 e. The number of anilines is 1. The molecular formula is C23H21N3O6S. The molecular weight excluding hydrogens is 446 g/mol. The van der Waals surface area contributed by atoms with Crippen LogP contribution in [0.1, 0.15) is 22.7 Å². The Balaban J connectivity index is 1.33. The molecule has 1 aliphatic rings. The standard InChI is InChI=1S/C23H21N3O6S/c27-10-19(21(29)30)25-20(28)9-13-12-33-22(24-13)26-23(31)32-11-18-16-7-3-1-5-14(16)15-6-2-4-8-17(15)18/h1-8,12,18-19,27H,9-11H2,(H,25,28)(H,29,30)(H,24,26,31)/t19-/m1/s1. The van der Waals surface area contributed by atoms with Crippen molar-refractivity contribution in [1.29, 1.82) is 0 Å². The van der Waals surface area contributed by atoms with E-state index in [9.17, 15) is 14.4 Å². The van der Waals surface area contributed by atoms with Crippen molar-refractivity contribution < 1.29 is 29.3 Å². The quantitative estimate of drug-likeness (QED) is 0.399. The SMILES string of the molecule is O=C(Cc1csc(NC(=O)OCC2c3ccccc3-c3ccccc32)n1)N[C@H](CO)C(=O)O. The lowest BCUT2D eigenvalue weighted by Crippen LogP contribution is -2.43. The summed E-state index contributed by atoms with van der Waals surface area (Å²) >= 11 is 1.12. The minimum atomic E-state index is -1.38. The third-order valence-electron chi connectivity index (χ3n) is 5.26. The number of thiazole rings is 1. The molecule has 9 nitrogen and oxygen atoms in total. The first kappa shape index (κ1) is 22.4. The summed E-state index contributed by atoms with van der Waals surface area (Å²) in [5, 5.41) is 24.4. The third kappa shape index (κ3) is 5.02. The lowest BCUT2D eigenvalue weighted by Gasteiger charge is -2.14. The number of carbonyl (C=O) groups excluding carboxylic acids is 2. The average Bonchev–Trinajstić information content (AvgIpc) is 3.37. The molecule has 10 heteroatoms. The molecule has 0 saturated carbocycles. The van der Waals surface area contributed by atoms with Gasteiger partial charge in [-0.3, -0.25) is 10.1 Å². The number of amides is 2. The molecule has 1 aliphatic carbocycles. The summed E-state index contributed by atoms with van der Waals surface area (Å²) < 4.78 is 5.47. The van der Waals surface area contributed by atoms with Gasteiger partial charge in [-0.15, -0.1) is 11.3 Å². The molecule has 0 aliphatic heterocycles. The average molecular weight is 468 g/mol. The molecule has 1 heterocycles. The first-order chi connectivity index (χ1) is 16.0. The van der Waals surface area contributed by atoms with Gasteiger partial charge in [0, 0.05) is 11.3 Å². The summed E-state index contributed by atoms with van der Waals surface area (Å²) in [7, 11) is 0. The van der Waals surface area contributed by atoms with Crippen molar-refractivity contribution in [1.82, 2.24) is 10.3 Å². The maximum Gasteiger partial charge on any atom is 0.413 e. The molecule has 2 amide bonds. The van der Waals surface area contributed by atoms with Crippen LogP contribution in [0, 0.1) is 0 Å². The van der Waals surface area contributed by atoms with E-state index in [1.54, 1.807) is 5.38 Å². The highest BCUT2D eigenvalue weighted by atomic mass is 32.1. The Morgan fingerprint density at radius 3 is 2.30 bits per heavy atom. The fraction of sp³-hybridized carbons (Fsp3) is 0.217. The van der Waals surface area contributed by atoms with E-state index in [2.05, 4.69) is 27.8 Å². The highest BCUT2D eigenvalue weighted by Gasteiger charge is 2.29. The third-order valence-corrected chi connectivity index (χ3v) is 6.07. The first-order valence-corrected chi connectivity index (χ1v) is 11.0. The molecule has 0 radical (unpaired) electrons. The summed E-state index contributed by atoms with van der Waals surface area (Å²) in [4.78, 5) is 39.3. The van der Waals surface area contributed by atoms with Crippen LogP contribution in [0.5, 0.6) is 0 Å². The van der Waals surface area contributed by atoms with E-state index in [-0.39, 0.29) is 24.1 Å². The zero-order valence-electron chi connectivity index (χ0n) is 17.4. The van der Waals surface area contributed by atoms with Gasteiger partial charge in [-0.1, -0.05) is 48.5 Å². The Bertz CT molecular complexity index is 1150. The van der Waals surface area contributed by atoms with Gasteiger partial charge in [-0.2, -0.15) is 0 Å². The zero-order valence-corrected chi connectivity index (χ0v) is 18.2. The van der Waals surface area contributed by atoms with Crippen LogP contribution in [0.2, 0.25) is 0 Å². The number of carboxylic acids is 1. The monoisotopic (exact) mass is 467 g/mol. The predicted molar refractivity (Wildman–Crippen MR) is 121 cm³/mol. The Morgan fingerprint density at radius 1 is 1.06 bits per heavy atom. The molecule has 0 spiro atoms. The maximum absolute atomic E-state index is 12.3. The second-order valence-corrected chi connectivity index (χ2v) is 8.27. The lowest BCUT2D eigenvalue weighted by atomic mass is 9.98. The van der Waals surface area contributed by atoms with Gasteiger partial charge >= 0.3 is 12.1 Å². The normalized spacial score (nSPS) is 13.0. The van der Waals surface area contributed by atoms with Crippen LogP contribution < -0.4 is 10.6 Å². The number of hydrogen-bond donors (Lipinski definition) is 4. The fourth-order valence-electron chi connectivity index (χ4n) is 3.76. The van der Waals surface area contributed by atoms with Crippen molar-refractivity contribution >= 4 is 34.4 Å². The molecule has 1 atom stereocenters. The number of carboxylic acid groups (broad SMARTS) is 1. The molecule has 0 unspecified atom stereocenters. The van der Waals surface area contributed by atoms with Crippen molar-refractivity contribution in [3.8, 4) is 11.1 Å². The molecule has 4 N–H and O–H groups in total. The molecule has 4 rings (SSSR count). The number of hydrogen-bond acceptors (Lipinski definition) is 7. The summed E-state index contributed by atoms with van der Waals surface area (Å²) in [6, 6.07) is 14.7. The van der Waals surface area contributed by atoms with Crippen LogP contribution >= 0.6 is 11.3 Å². The molecule has 0 saturated heterocycles. The Hall–Kier alpha value is -3.76. The van der Waals surface area contributed by atoms with Gasteiger partial charge in [0.1, 0.15) is 12.6 Å². The summed E-state index contributed by atoms with van der Waals surface area (Å²) in [6.07, 6.45) is -0.847. The molecule has 0 bridgehead atoms. The Kier molecular flexibility index (Phi) is 6.66. The van der Waals surface area contributed by atoms with E-state index < -0.39 is 30.6 Å².